The Labute approximate surface area is 173 Å². The number of carbonyl (C=O) groups excluding carboxylic acids is 1. The number of halogens is 1. The number of hydrazone groups is 1. The van der Waals surface area contributed by atoms with Crippen molar-refractivity contribution in [3.05, 3.63) is 107 Å². The summed E-state index contributed by atoms with van der Waals surface area (Å²) in [6.45, 7) is 0. The zero-order chi connectivity index (χ0) is 20.1. The highest BCUT2D eigenvalue weighted by molar-refractivity contribution is 6.30. The summed E-state index contributed by atoms with van der Waals surface area (Å²) in [5.41, 5.74) is 6.17. The Morgan fingerprint density at radius 1 is 0.931 bits per heavy atom. The first-order valence-electron chi connectivity index (χ1n) is 9.00. The predicted molar refractivity (Wildman–Crippen MR) is 116 cm³/mol. The SMILES string of the molecule is O=C(N/N=C/c1ccc(Cl)cc1)c1cn(-c2ccccc2)nc1-c1ccccc1. The topological polar surface area (TPSA) is 59.3 Å². The molecule has 3 aromatic carbocycles. The zero-order valence-corrected chi connectivity index (χ0v) is 16.1. The minimum absolute atomic E-state index is 0.337. The van der Waals surface area contributed by atoms with Crippen LogP contribution in [0.5, 0.6) is 0 Å². The second kappa shape index (κ2) is 8.54. The third kappa shape index (κ3) is 4.42. The van der Waals surface area contributed by atoms with E-state index >= 15 is 0 Å². The number of hydrogen-bond donors (Lipinski definition) is 1. The Morgan fingerprint density at radius 2 is 1.59 bits per heavy atom. The van der Waals surface area contributed by atoms with Crippen LogP contribution in [0.3, 0.4) is 0 Å². The molecule has 1 amide bonds. The van der Waals surface area contributed by atoms with E-state index in [1.807, 2.05) is 72.8 Å². The number of rotatable bonds is 5. The molecule has 142 valence electrons. The molecular weight excluding hydrogens is 384 g/mol. The van der Waals surface area contributed by atoms with Crippen LogP contribution >= 0.6 is 11.6 Å². The van der Waals surface area contributed by atoms with Gasteiger partial charge >= 0.3 is 0 Å². The van der Waals surface area contributed by atoms with Crippen LogP contribution in [0, 0.1) is 0 Å². The van der Waals surface area contributed by atoms with E-state index < -0.39 is 0 Å². The van der Waals surface area contributed by atoms with E-state index in [-0.39, 0.29) is 5.91 Å². The van der Waals surface area contributed by atoms with Crippen LogP contribution < -0.4 is 5.43 Å². The fraction of sp³-hybridized carbons (Fsp3) is 0. The van der Waals surface area contributed by atoms with E-state index in [2.05, 4.69) is 15.6 Å². The molecule has 0 spiro atoms. The lowest BCUT2D eigenvalue weighted by atomic mass is 10.1. The van der Waals surface area contributed by atoms with Gasteiger partial charge in [0.1, 0.15) is 5.69 Å². The first-order valence-corrected chi connectivity index (χ1v) is 9.38. The van der Waals surface area contributed by atoms with Crippen molar-refractivity contribution in [3.8, 4) is 16.9 Å². The lowest BCUT2D eigenvalue weighted by Gasteiger charge is -2.01. The Hall–Kier alpha value is -3.70. The highest BCUT2D eigenvalue weighted by Crippen LogP contribution is 2.23. The average Bonchev–Trinajstić information content (AvgIpc) is 3.22. The normalized spacial score (nSPS) is 10.9. The van der Waals surface area contributed by atoms with E-state index in [9.17, 15) is 4.79 Å². The number of hydrogen-bond acceptors (Lipinski definition) is 3. The molecule has 0 unspecified atom stereocenters. The Morgan fingerprint density at radius 3 is 2.28 bits per heavy atom. The molecule has 6 heteroatoms. The summed E-state index contributed by atoms with van der Waals surface area (Å²) >= 11 is 5.88. The molecule has 0 aliphatic heterocycles. The molecule has 0 aliphatic carbocycles. The second-order valence-electron chi connectivity index (χ2n) is 6.29. The van der Waals surface area contributed by atoms with Gasteiger partial charge in [0.2, 0.25) is 0 Å². The Balaban J connectivity index is 1.63. The van der Waals surface area contributed by atoms with Crippen LogP contribution in [0.2, 0.25) is 5.02 Å². The van der Waals surface area contributed by atoms with Crippen LogP contribution in [0.4, 0.5) is 0 Å². The van der Waals surface area contributed by atoms with Crippen molar-refractivity contribution < 1.29 is 4.79 Å². The van der Waals surface area contributed by atoms with Crippen LogP contribution in [-0.2, 0) is 0 Å². The number of nitrogens with zero attached hydrogens (tertiary/aromatic N) is 3. The van der Waals surface area contributed by atoms with Crippen molar-refractivity contribution in [1.29, 1.82) is 0 Å². The van der Waals surface area contributed by atoms with E-state index in [4.69, 9.17) is 11.6 Å². The lowest BCUT2D eigenvalue weighted by Crippen LogP contribution is -2.17. The van der Waals surface area contributed by atoms with Gasteiger partial charge in [0.25, 0.3) is 5.91 Å². The zero-order valence-electron chi connectivity index (χ0n) is 15.4. The summed E-state index contributed by atoms with van der Waals surface area (Å²) in [7, 11) is 0. The first kappa shape index (κ1) is 18.7. The fourth-order valence-corrected chi connectivity index (χ4v) is 2.96. The highest BCUT2D eigenvalue weighted by atomic mass is 35.5. The first-order chi connectivity index (χ1) is 14.2. The summed E-state index contributed by atoms with van der Waals surface area (Å²) in [5.74, 6) is -0.337. The standard InChI is InChI=1S/C23H17ClN4O/c24-19-13-11-17(12-14-19)15-25-26-23(29)21-16-28(20-9-5-2-6-10-20)27-22(21)18-7-3-1-4-8-18/h1-16H,(H,26,29)/b25-15+. The maximum absolute atomic E-state index is 12.8. The summed E-state index contributed by atoms with van der Waals surface area (Å²) in [6.07, 6.45) is 3.28. The molecule has 4 aromatic rings. The Kier molecular flexibility index (Phi) is 5.49. The molecule has 0 saturated heterocycles. The predicted octanol–water partition coefficient (Wildman–Crippen LogP) is 4.96. The van der Waals surface area contributed by atoms with E-state index in [0.717, 1.165) is 16.8 Å². The number of para-hydroxylation sites is 1. The van der Waals surface area contributed by atoms with Gasteiger partial charge in [0, 0.05) is 16.8 Å². The van der Waals surface area contributed by atoms with Crippen molar-refractivity contribution in [2.45, 2.75) is 0 Å². The summed E-state index contributed by atoms with van der Waals surface area (Å²) in [6, 6.07) is 26.4. The molecular formula is C23H17ClN4O. The molecule has 0 saturated carbocycles. The van der Waals surface area contributed by atoms with Gasteiger partial charge < -0.3 is 0 Å². The monoisotopic (exact) mass is 400 g/mol. The molecule has 0 fully saturated rings. The largest absolute Gasteiger partial charge is 0.275 e. The van der Waals surface area contributed by atoms with Gasteiger partial charge in [0.05, 0.1) is 17.5 Å². The number of carbonyl (C=O) groups is 1. The number of amides is 1. The van der Waals surface area contributed by atoms with Gasteiger partial charge in [-0.15, -0.1) is 0 Å². The van der Waals surface area contributed by atoms with Crippen molar-refractivity contribution in [1.82, 2.24) is 15.2 Å². The molecule has 0 atom stereocenters. The van der Waals surface area contributed by atoms with Gasteiger partial charge in [0.15, 0.2) is 0 Å². The van der Waals surface area contributed by atoms with E-state index in [1.54, 1.807) is 29.2 Å². The molecule has 1 aromatic heterocycles. The molecule has 0 bridgehead atoms. The van der Waals surface area contributed by atoms with E-state index in [1.165, 1.54) is 0 Å². The van der Waals surface area contributed by atoms with Crippen LogP contribution in [-0.4, -0.2) is 21.9 Å². The molecule has 1 N–H and O–H groups in total. The minimum atomic E-state index is -0.337. The van der Waals surface area contributed by atoms with Gasteiger partial charge in [-0.1, -0.05) is 72.3 Å². The Bertz CT molecular complexity index is 1140. The summed E-state index contributed by atoms with van der Waals surface area (Å²) < 4.78 is 1.69. The van der Waals surface area contributed by atoms with Crippen molar-refractivity contribution >= 4 is 23.7 Å². The lowest BCUT2D eigenvalue weighted by molar-refractivity contribution is 0.0956. The maximum Gasteiger partial charge on any atom is 0.275 e. The fourth-order valence-electron chi connectivity index (χ4n) is 2.84. The third-order valence-electron chi connectivity index (χ3n) is 4.28. The van der Waals surface area contributed by atoms with Gasteiger partial charge in [-0.25, -0.2) is 10.1 Å². The van der Waals surface area contributed by atoms with Crippen LogP contribution in [0.25, 0.3) is 16.9 Å². The average molecular weight is 401 g/mol. The number of nitrogens with one attached hydrogen (secondary N) is 1. The van der Waals surface area contributed by atoms with Crippen LogP contribution in [0.1, 0.15) is 15.9 Å². The molecule has 4 rings (SSSR count). The quantitative estimate of drug-likeness (QED) is 0.380. The van der Waals surface area contributed by atoms with Crippen molar-refractivity contribution in [2.75, 3.05) is 0 Å². The minimum Gasteiger partial charge on any atom is -0.267 e. The summed E-state index contributed by atoms with van der Waals surface area (Å²) in [4.78, 5) is 12.8. The highest BCUT2D eigenvalue weighted by Gasteiger charge is 2.18. The number of benzene rings is 3. The number of aromatic nitrogens is 2. The van der Waals surface area contributed by atoms with Gasteiger partial charge in [-0.05, 0) is 29.8 Å². The van der Waals surface area contributed by atoms with Crippen molar-refractivity contribution in [3.63, 3.8) is 0 Å². The van der Waals surface area contributed by atoms with Gasteiger partial charge in [-0.3, -0.25) is 4.79 Å². The smallest absolute Gasteiger partial charge is 0.267 e. The maximum atomic E-state index is 12.8. The van der Waals surface area contributed by atoms with Crippen molar-refractivity contribution in [2.24, 2.45) is 5.10 Å². The van der Waals surface area contributed by atoms with Crippen LogP contribution in [0.15, 0.2) is 96.2 Å². The molecule has 0 radical (unpaired) electrons. The summed E-state index contributed by atoms with van der Waals surface area (Å²) in [5, 5.41) is 9.34. The molecule has 1 heterocycles. The third-order valence-corrected chi connectivity index (χ3v) is 4.53. The van der Waals surface area contributed by atoms with E-state index in [0.29, 0.717) is 16.3 Å². The van der Waals surface area contributed by atoms with Gasteiger partial charge in [-0.2, -0.15) is 10.2 Å². The second-order valence-corrected chi connectivity index (χ2v) is 6.72. The molecule has 0 aliphatic rings. The molecule has 29 heavy (non-hydrogen) atoms. The molecule has 5 nitrogen and oxygen atoms in total.